The highest BCUT2D eigenvalue weighted by Crippen LogP contribution is 2.29. The Labute approximate surface area is 139 Å². The molecule has 0 atom stereocenters. The summed E-state index contributed by atoms with van der Waals surface area (Å²) in [7, 11) is -3.85. The number of sulfonamides is 1. The van der Waals surface area contributed by atoms with E-state index in [1.165, 1.54) is 12.1 Å². The number of hydrogen-bond acceptors (Lipinski definition) is 5. The van der Waals surface area contributed by atoms with E-state index >= 15 is 0 Å². The maximum absolute atomic E-state index is 12.3. The second kappa shape index (κ2) is 6.37. The van der Waals surface area contributed by atoms with E-state index in [2.05, 4.69) is 31.1 Å². The average molecular weight is 412 g/mol. The molecule has 21 heavy (non-hydrogen) atoms. The average Bonchev–Trinajstić information content (AvgIpc) is 2.42. The van der Waals surface area contributed by atoms with Gasteiger partial charge in [0.05, 0.1) is 10.7 Å². The third-order valence-electron chi connectivity index (χ3n) is 2.44. The van der Waals surface area contributed by atoms with Crippen molar-refractivity contribution < 1.29 is 8.42 Å². The quantitative estimate of drug-likeness (QED) is 0.530. The van der Waals surface area contributed by atoms with Crippen molar-refractivity contribution in [2.45, 2.75) is 4.90 Å². The van der Waals surface area contributed by atoms with E-state index in [0.29, 0.717) is 15.2 Å². The number of nitrogen functional groups attached to an aromatic ring is 1. The van der Waals surface area contributed by atoms with Crippen LogP contribution < -0.4 is 16.0 Å². The maximum atomic E-state index is 12.3. The first-order chi connectivity index (χ1) is 9.83. The summed E-state index contributed by atoms with van der Waals surface area (Å²) >= 11 is 15.0. The fourth-order valence-electron chi connectivity index (χ4n) is 1.45. The highest BCUT2D eigenvalue weighted by Gasteiger charge is 2.18. The van der Waals surface area contributed by atoms with E-state index in [1.54, 1.807) is 12.1 Å². The van der Waals surface area contributed by atoms with Crippen molar-refractivity contribution in [3.8, 4) is 0 Å². The molecule has 10 heteroatoms. The SMILES string of the molecule is NNc1ncc(S(=O)(=O)Nc2cc(Cl)ccc2Br)cc1Cl. The fraction of sp³-hybridized carbons (Fsp3) is 0. The summed E-state index contributed by atoms with van der Waals surface area (Å²) in [6.45, 7) is 0. The van der Waals surface area contributed by atoms with Crippen LogP contribution in [0.4, 0.5) is 11.5 Å². The Morgan fingerprint density at radius 1 is 1.24 bits per heavy atom. The topological polar surface area (TPSA) is 97.1 Å². The molecule has 0 saturated carbocycles. The molecule has 0 aliphatic heterocycles. The first-order valence-electron chi connectivity index (χ1n) is 5.43. The second-order valence-electron chi connectivity index (χ2n) is 3.88. The lowest BCUT2D eigenvalue weighted by Crippen LogP contribution is -2.15. The molecule has 0 unspecified atom stereocenters. The summed E-state index contributed by atoms with van der Waals surface area (Å²) in [6, 6.07) is 5.98. The molecule has 4 N–H and O–H groups in total. The molecule has 0 saturated heterocycles. The molecule has 0 aliphatic carbocycles. The Kier molecular flexibility index (Phi) is 4.95. The molecule has 1 heterocycles. The van der Waals surface area contributed by atoms with Crippen molar-refractivity contribution >= 4 is 60.7 Å². The number of nitrogens with two attached hydrogens (primary N) is 1. The Morgan fingerprint density at radius 2 is 1.95 bits per heavy atom. The smallest absolute Gasteiger partial charge is 0.263 e. The van der Waals surface area contributed by atoms with Gasteiger partial charge in [0.1, 0.15) is 4.90 Å². The molecule has 1 aromatic heterocycles. The normalized spacial score (nSPS) is 11.2. The van der Waals surface area contributed by atoms with Gasteiger partial charge in [-0.1, -0.05) is 23.2 Å². The largest absolute Gasteiger partial charge is 0.307 e. The maximum Gasteiger partial charge on any atom is 0.263 e. The van der Waals surface area contributed by atoms with Gasteiger partial charge in [0, 0.05) is 15.7 Å². The lowest BCUT2D eigenvalue weighted by molar-refractivity contribution is 0.601. The van der Waals surface area contributed by atoms with E-state index in [-0.39, 0.29) is 15.7 Å². The van der Waals surface area contributed by atoms with Gasteiger partial charge in [0.25, 0.3) is 10.0 Å². The number of hydrogen-bond donors (Lipinski definition) is 3. The van der Waals surface area contributed by atoms with Gasteiger partial charge in [-0.3, -0.25) is 4.72 Å². The van der Waals surface area contributed by atoms with Gasteiger partial charge in [0.2, 0.25) is 0 Å². The highest BCUT2D eigenvalue weighted by molar-refractivity contribution is 9.10. The first-order valence-corrected chi connectivity index (χ1v) is 8.47. The summed E-state index contributed by atoms with van der Waals surface area (Å²) in [5, 5.41) is 0.486. The predicted octanol–water partition coefficient (Wildman–Crippen LogP) is 3.24. The van der Waals surface area contributed by atoms with E-state index in [9.17, 15) is 8.42 Å². The van der Waals surface area contributed by atoms with Crippen molar-refractivity contribution in [3.63, 3.8) is 0 Å². The number of hydrazine groups is 1. The Hall–Kier alpha value is -1.06. The van der Waals surface area contributed by atoms with E-state index < -0.39 is 10.0 Å². The minimum atomic E-state index is -3.85. The van der Waals surface area contributed by atoms with Gasteiger partial charge in [-0.2, -0.15) is 0 Å². The molecule has 6 nitrogen and oxygen atoms in total. The van der Waals surface area contributed by atoms with Gasteiger partial charge in [-0.25, -0.2) is 19.2 Å². The van der Waals surface area contributed by atoms with Crippen molar-refractivity contribution in [3.05, 3.63) is 45.0 Å². The van der Waals surface area contributed by atoms with Gasteiger partial charge in [-0.05, 0) is 40.2 Å². The summed E-state index contributed by atoms with van der Waals surface area (Å²) in [5.41, 5.74) is 2.56. The standard InChI is InChI=1S/C11H9BrCl2N4O2S/c12-8-2-1-6(13)3-10(8)18-21(19,20)7-4-9(14)11(17-15)16-5-7/h1-5,18H,15H2,(H,16,17). The highest BCUT2D eigenvalue weighted by atomic mass is 79.9. The molecule has 112 valence electrons. The van der Waals surface area contributed by atoms with Crippen LogP contribution in [-0.2, 0) is 10.0 Å². The van der Waals surface area contributed by atoms with Crippen LogP contribution in [0.2, 0.25) is 10.0 Å². The molecule has 0 radical (unpaired) electrons. The molecular formula is C11H9BrCl2N4O2S. The minimum Gasteiger partial charge on any atom is -0.307 e. The summed E-state index contributed by atoms with van der Waals surface area (Å²) in [5.74, 6) is 5.37. The zero-order valence-corrected chi connectivity index (χ0v) is 14.2. The number of pyridine rings is 1. The number of benzene rings is 1. The summed E-state index contributed by atoms with van der Waals surface area (Å²) < 4.78 is 27.5. The fourth-order valence-corrected chi connectivity index (χ4v) is 3.43. The molecule has 0 spiro atoms. The molecule has 1 aromatic carbocycles. The third kappa shape index (κ3) is 3.78. The van der Waals surface area contributed by atoms with Crippen LogP contribution >= 0.6 is 39.1 Å². The molecule has 0 amide bonds. The molecule has 2 aromatic rings. The van der Waals surface area contributed by atoms with Crippen LogP contribution in [0.5, 0.6) is 0 Å². The Bertz CT molecular complexity index is 786. The zero-order chi connectivity index (χ0) is 15.6. The van der Waals surface area contributed by atoms with Gasteiger partial charge < -0.3 is 5.43 Å². The van der Waals surface area contributed by atoms with Crippen LogP contribution in [0.3, 0.4) is 0 Å². The predicted molar refractivity (Wildman–Crippen MR) is 87.0 cm³/mol. The number of nitrogens with one attached hydrogen (secondary N) is 2. The number of rotatable bonds is 4. The Morgan fingerprint density at radius 3 is 2.57 bits per heavy atom. The summed E-state index contributed by atoms with van der Waals surface area (Å²) in [4.78, 5) is 3.72. The first kappa shape index (κ1) is 16.3. The van der Waals surface area contributed by atoms with E-state index in [0.717, 1.165) is 6.20 Å². The number of anilines is 2. The molecule has 2 rings (SSSR count). The molecule has 0 aliphatic rings. The Balaban J connectivity index is 2.38. The lowest BCUT2D eigenvalue weighted by atomic mass is 10.3. The lowest BCUT2D eigenvalue weighted by Gasteiger charge is -2.11. The third-order valence-corrected chi connectivity index (χ3v) is 4.98. The molecule has 0 bridgehead atoms. The van der Waals surface area contributed by atoms with Crippen LogP contribution in [-0.4, -0.2) is 13.4 Å². The van der Waals surface area contributed by atoms with Gasteiger partial charge in [-0.15, -0.1) is 0 Å². The van der Waals surface area contributed by atoms with Gasteiger partial charge >= 0.3 is 0 Å². The van der Waals surface area contributed by atoms with Crippen molar-refractivity contribution in [2.75, 3.05) is 10.1 Å². The monoisotopic (exact) mass is 410 g/mol. The summed E-state index contributed by atoms with van der Waals surface area (Å²) in [6.07, 6.45) is 1.14. The number of nitrogens with zero attached hydrogens (tertiary/aromatic N) is 1. The minimum absolute atomic E-state index is 0.0885. The van der Waals surface area contributed by atoms with Crippen LogP contribution in [0.25, 0.3) is 0 Å². The molecule has 0 fully saturated rings. The van der Waals surface area contributed by atoms with Crippen molar-refractivity contribution in [1.29, 1.82) is 0 Å². The van der Waals surface area contributed by atoms with Crippen LogP contribution in [0.1, 0.15) is 0 Å². The van der Waals surface area contributed by atoms with Crippen molar-refractivity contribution in [2.24, 2.45) is 5.84 Å². The van der Waals surface area contributed by atoms with Gasteiger partial charge in [0.15, 0.2) is 5.82 Å². The number of halogens is 3. The van der Waals surface area contributed by atoms with Crippen LogP contribution in [0, 0.1) is 0 Å². The van der Waals surface area contributed by atoms with E-state index in [4.69, 9.17) is 29.0 Å². The number of aromatic nitrogens is 1. The molecular weight excluding hydrogens is 403 g/mol. The van der Waals surface area contributed by atoms with Crippen LogP contribution in [0.15, 0.2) is 39.8 Å². The van der Waals surface area contributed by atoms with Crippen molar-refractivity contribution in [1.82, 2.24) is 4.98 Å². The second-order valence-corrected chi connectivity index (χ2v) is 7.26. The zero-order valence-electron chi connectivity index (χ0n) is 10.3. The van der Waals surface area contributed by atoms with E-state index in [1.807, 2.05) is 0 Å².